The number of carbonyl (C=O) groups is 1. The molecule has 1 saturated heterocycles. The third-order valence-electron chi connectivity index (χ3n) is 2.34. The molecule has 1 saturated carbocycles. The largest absolute Gasteiger partial charge is 0.359 e. The van der Waals surface area contributed by atoms with Gasteiger partial charge in [0.2, 0.25) is 0 Å². The number of epoxide rings is 1. The standard InChI is InChI=1S/C9H15NO2/c1-2-3-7-8(12-7)9(11)10-6-4-5-6/h6-8H,2-5H2,1H3,(H,10,11)/t7-,8-/m0/s1. The number of amides is 1. The van der Waals surface area contributed by atoms with E-state index >= 15 is 0 Å². The Morgan fingerprint density at radius 2 is 2.33 bits per heavy atom. The van der Waals surface area contributed by atoms with Crippen LogP contribution in [0.1, 0.15) is 32.6 Å². The summed E-state index contributed by atoms with van der Waals surface area (Å²) in [6.45, 7) is 2.11. The van der Waals surface area contributed by atoms with Gasteiger partial charge in [-0.3, -0.25) is 4.79 Å². The number of carbonyl (C=O) groups excluding carboxylic acids is 1. The monoisotopic (exact) mass is 169 g/mol. The van der Waals surface area contributed by atoms with Crippen molar-refractivity contribution in [3.63, 3.8) is 0 Å². The molecule has 0 aromatic heterocycles. The van der Waals surface area contributed by atoms with Crippen molar-refractivity contribution in [2.75, 3.05) is 0 Å². The van der Waals surface area contributed by atoms with Crippen LogP contribution in [0.2, 0.25) is 0 Å². The second-order valence-electron chi connectivity index (χ2n) is 3.67. The van der Waals surface area contributed by atoms with Crippen LogP contribution in [-0.4, -0.2) is 24.2 Å². The topological polar surface area (TPSA) is 41.6 Å². The van der Waals surface area contributed by atoms with Crippen molar-refractivity contribution in [2.24, 2.45) is 0 Å². The normalized spacial score (nSPS) is 33.1. The lowest BCUT2D eigenvalue weighted by Gasteiger charge is -1.97. The van der Waals surface area contributed by atoms with Crippen molar-refractivity contribution in [2.45, 2.75) is 50.9 Å². The number of ether oxygens (including phenoxy) is 1. The molecule has 2 aliphatic rings. The molecular weight excluding hydrogens is 154 g/mol. The molecule has 1 amide bonds. The van der Waals surface area contributed by atoms with Gasteiger partial charge in [-0.2, -0.15) is 0 Å². The fourth-order valence-corrected chi connectivity index (χ4v) is 1.39. The van der Waals surface area contributed by atoms with E-state index in [9.17, 15) is 4.79 Å². The first-order valence-corrected chi connectivity index (χ1v) is 4.77. The highest BCUT2D eigenvalue weighted by Gasteiger charge is 2.45. The maximum atomic E-state index is 11.3. The third kappa shape index (κ3) is 1.78. The smallest absolute Gasteiger partial charge is 0.252 e. The van der Waals surface area contributed by atoms with Crippen LogP contribution in [0, 0.1) is 0 Å². The Balaban J connectivity index is 1.68. The second kappa shape index (κ2) is 3.05. The average Bonchev–Trinajstić information content (AvgIpc) is 2.82. The highest BCUT2D eigenvalue weighted by molar-refractivity contribution is 5.84. The van der Waals surface area contributed by atoms with Crippen LogP contribution >= 0.6 is 0 Å². The van der Waals surface area contributed by atoms with Gasteiger partial charge in [-0.15, -0.1) is 0 Å². The van der Waals surface area contributed by atoms with E-state index in [1.54, 1.807) is 0 Å². The quantitative estimate of drug-likeness (QED) is 0.633. The van der Waals surface area contributed by atoms with Gasteiger partial charge in [0.15, 0.2) is 6.10 Å². The molecule has 2 rings (SSSR count). The number of hydrogen-bond donors (Lipinski definition) is 1. The SMILES string of the molecule is CCC[C@@H]1O[C@@H]1C(=O)NC1CC1. The van der Waals surface area contributed by atoms with Crippen LogP contribution in [0.5, 0.6) is 0 Å². The highest BCUT2D eigenvalue weighted by Crippen LogP contribution is 2.28. The zero-order valence-electron chi connectivity index (χ0n) is 7.38. The fourth-order valence-electron chi connectivity index (χ4n) is 1.39. The summed E-state index contributed by atoms with van der Waals surface area (Å²) in [6, 6.07) is 0.462. The number of nitrogens with one attached hydrogen (secondary N) is 1. The molecule has 0 radical (unpaired) electrons. The molecule has 2 atom stereocenters. The highest BCUT2D eigenvalue weighted by atomic mass is 16.6. The predicted octanol–water partition coefficient (Wildman–Crippen LogP) is 0.832. The molecule has 1 heterocycles. The van der Waals surface area contributed by atoms with Crippen molar-refractivity contribution in [1.82, 2.24) is 5.32 Å². The van der Waals surface area contributed by atoms with Gasteiger partial charge in [-0.25, -0.2) is 0 Å². The molecular formula is C9H15NO2. The van der Waals surface area contributed by atoms with Crippen molar-refractivity contribution < 1.29 is 9.53 Å². The Morgan fingerprint density at radius 1 is 1.58 bits per heavy atom. The molecule has 0 unspecified atom stereocenters. The molecule has 12 heavy (non-hydrogen) atoms. The summed E-state index contributed by atoms with van der Waals surface area (Å²) < 4.78 is 5.24. The van der Waals surface area contributed by atoms with Gasteiger partial charge in [0.05, 0.1) is 6.10 Å². The Kier molecular flexibility index (Phi) is 2.05. The van der Waals surface area contributed by atoms with E-state index in [1.807, 2.05) is 0 Å². The fraction of sp³-hybridized carbons (Fsp3) is 0.889. The Hall–Kier alpha value is -0.570. The maximum absolute atomic E-state index is 11.3. The molecule has 1 aliphatic heterocycles. The summed E-state index contributed by atoms with van der Waals surface area (Å²) in [5.74, 6) is 0.107. The molecule has 3 nitrogen and oxygen atoms in total. The van der Waals surface area contributed by atoms with E-state index in [1.165, 1.54) is 0 Å². The Bertz CT molecular complexity index is 189. The summed E-state index contributed by atoms with van der Waals surface area (Å²) in [5.41, 5.74) is 0. The second-order valence-corrected chi connectivity index (χ2v) is 3.67. The summed E-state index contributed by atoms with van der Waals surface area (Å²) >= 11 is 0. The summed E-state index contributed by atoms with van der Waals surface area (Å²) in [7, 11) is 0. The first-order chi connectivity index (χ1) is 5.81. The lowest BCUT2D eigenvalue weighted by molar-refractivity contribution is -0.122. The third-order valence-corrected chi connectivity index (χ3v) is 2.34. The molecule has 1 N–H and O–H groups in total. The molecule has 0 spiro atoms. The van der Waals surface area contributed by atoms with Crippen LogP contribution in [0.3, 0.4) is 0 Å². The van der Waals surface area contributed by atoms with Crippen molar-refractivity contribution in [1.29, 1.82) is 0 Å². The molecule has 0 aromatic carbocycles. The summed E-state index contributed by atoms with van der Waals surface area (Å²) in [5, 5.41) is 2.94. The molecule has 1 aliphatic carbocycles. The van der Waals surface area contributed by atoms with Crippen LogP contribution in [0.25, 0.3) is 0 Å². The van der Waals surface area contributed by atoms with Crippen LogP contribution in [-0.2, 0) is 9.53 Å². The summed E-state index contributed by atoms with van der Waals surface area (Å²) in [6.07, 6.45) is 4.51. The zero-order valence-corrected chi connectivity index (χ0v) is 7.38. The molecule has 0 bridgehead atoms. The van der Waals surface area contributed by atoms with Crippen molar-refractivity contribution in [3.05, 3.63) is 0 Å². The number of rotatable bonds is 4. The van der Waals surface area contributed by atoms with E-state index in [-0.39, 0.29) is 18.1 Å². The lowest BCUT2D eigenvalue weighted by Crippen LogP contribution is -2.30. The van der Waals surface area contributed by atoms with Gasteiger partial charge in [0.25, 0.3) is 5.91 Å². The van der Waals surface area contributed by atoms with Crippen LogP contribution < -0.4 is 5.32 Å². The lowest BCUT2D eigenvalue weighted by atomic mass is 10.2. The Morgan fingerprint density at radius 3 is 2.92 bits per heavy atom. The molecule has 0 aromatic rings. The first-order valence-electron chi connectivity index (χ1n) is 4.77. The molecule has 3 heteroatoms. The van der Waals surface area contributed by atoms with E-state index in [4.69, 9.17) is 4.74 Å². The Labute approximate surface area is 72.5 Å². The van der Waals surface area contributed by atoms with E-state index in [0.717, 1.165) is 25.7 Å². The van der Waals surface area contributed by atoms with Gasteiger partial charge < -0.3 is 10.1 Å². The van der Waals surface area contributed by atoms with Gasteiger partial charge in [0.1, 0.15) is 0 Å². The first kappa shape index (κ1) is 8.05. The molecule has 68 valence electrons. The van der Waals surface area contributed by atoms with Gasteiger partial charge >= 0.3 is 0 Å². The molecule has 2 fully saturated rings. The number of hydrogen-bond acceptors (Lipinski definition) is 2. The minimum Gasteiger partial charge on any atom is -0.359 e. The van der Waals surface area contributed by atoms with Gasteiger partial charge in [0, 0.05) is 6.04 Å². The minimum absolute atomic E-state index is 0.107. The summed E-state index contributed by atoms with van der Waals surface area (Å²) in [4.78, 5) is 11.3. The predicted molar refractivity (Wildman–Crippen MR) is 44.7 cm³/mol. The van der Waals surface area contributed by atoms with Crippen LogP contribution in [0.15, 0.2) is 0 Å². The average molecular weight is 169 g/mol. The minimum atomic E-state index is -0.120. The van der Waals surface area contributed by atoms with Crippen molar-refractivity contribution in [3.8, 4) is 0 Å². The van der Waals surface area contributed by atoms with Gasteiger partial charge in [-0.1, -0.05) is 13.3 Å². The van der Waals surface area contributed by atoms with E-state index in [2.05, 4.69) is 12.2 Å². The van der Waals surface area contributed by atoms with Crippen molar-refractivity contribution >= 4 is 5.91 Å². The van der Waals surface area contributed by atoms with Crippen LogP contribution in [0.4, 0.5) is 0 Å². The van der Waals surface area contributed by atoms with E-state index < -0.39 is 0 Å². The van der Waals surface area contributed by atoms with Gasteiger partial charge in [-0.05, 0) is 19.3 Å². The van der Waals surface area contributed by atoms with E-state index in [0.29, 0.717) is 6.04 Å². The zero-order chi connectivity index (χ0) is 8.55. The maximum Gasteiger partial charge on any atom is 0.252 e.